The van der Waals surface area contributed by atoms with Crippen molar-refractivity contribution in [3.05, 3.63) is 58.6 Å². The summed E-state index contributed by atoms with van der Waals surface area (Å²) in [5, 5.41) is 2.61. The highest BCUT2D eigenvalue weighted by Crippen LogP contribution is 2.20. The van der Waals surface area contributed by atoms with Crippen LogP contribution in [0, 0.1) is 5.82 Å². The highest BCUT2D eigenvalue weighted by Gasteiger charge is 2.13. The van der Waals surface area contributed by atoms with Gasteiger partial charge in [0, 0.05) is 10.9 Å². The van der Waals surface area contributed by atoms with Gasteiger partial charge in [0.15, 0.2) is 0 Å². The van der Waals surface area contributed by atoms with E-state index in [1.807, 2.05) is 35.8 Å². The maximum absolute atomic E-state index is 13.8. The molecule has 118 valence electrons. The Morgan fingerprint density at radius 2 is 2.09 bits per heavy atom. The molecule has 23 heavy (non-hydrogen) atoms. The molecule has 0 aliphatic rings. The second-order valence-corrected chi connectivity index (χ2v) is 6.04. The minimum atomic E-state index is -0.473. The van der Waals surface area contributed by atoms with Crippen molar-refractivity contribution >= 4 is 38.6 Å². The fourth-order valence-electron chi connectivity index (χ4n) is 2.50. The van der Waals surface area contributed by atoms with Crippen LogP contribution in [0.25, 0.3) is 11.0 Å². The summed E-state index contributed by atoms with van der Waals surface area (Å²) in [5.41, 5.74) is 1.92. The number of anilines is 1. The van der Waals surface area contributed by atoms with Crippen LogP contribution in [0.2, 0.25) is 0 Å². The summed E-state index contributed by atoms with van der Waals surface area (Å²) in [6.07, 6.45) is 0.717. The third-order valence-corrected chi connectivity index (χ3v) is 4.05. The average molecular weight is 376 g/mol. The Morgan fingerprint density at radius 3 is 2.83 bits per heavy atom. The maximum Gasteiger partial charge on any atom is 0.244 e. The molecule has 3 aromatic rings. The van der Waals surface area contributed by atoms with E-state index in [9.17, 15) is 9.18 Å². The van der Waals surface area contributed by atoms with E-state index in [1.165, 1.54) is 12.1 Å². The first kappa shape index (κ1) is 15.7. The topological polar surface area (TPSA) is 46.9 Å². The standard InChI is InChI=1S/C17H15BrFN3O/c1-2-16-20-14-5-3-4-6-15(14)22(16)10-17(23)21-13-8-7-11(18)9-12(13)19/h3-9H,2,10H2,1H3,(H,21,23). The number of aryl methyl sites for hydroxylation is 1. The number of hydrogen-bond donors (Lipinski definition) is 1. The Balaban J connectivity index is 1.85. The number of imidazole rings is 1. The lowest BCUT2D eigenvalue weighted by molar-refractivity contribution is -0.116. The predicted molar refractivity (Wildman–Crippen MR) is 91.8 cm³/mol. The SMILES string of the molecule is CCc1nc2ccccc2n1CC(=O)Nc1ccc(Br)cc1F. The highest BCUT2D eigenvalue weighted by atomic mass is 79.9. The molecule has 4 nitrogen and oxygen atoms in total. The number of nitrogens with one attached hydrogen (secondary N) is 1. The predicted octanol–water partition coefficient (Wildman–Crippen LogP) is 4.14. The van der Waals surface area contributed by atoms with E-state index < -0.39 is 5.82 Å². The van der Waals surface area contributed by atoms with Gasteiger partial charge in [-0.15, -0.1) is 0 Å². The van der Waals surface area contributed by atoms with Gasteiger partial charge in [0.05, 0.1) is 16.7 Å². The van der Waals surface area contributed by atoms with Gasteiger partial charge < -0.3 is 9.88 Å². The molecular formula is C17H15BrFN3O. The number of carbonyl (C=O) groups excluding carboxylic acids is 1. The fourth-order valence-corrected chi connectivity index (χ4v) is 2.83. The van der Waals surface area contributed by atoms with E-state index in [4.69, 9.17) is 0 Å². The lowest BCUT2D eigenvalue weighted by Crippen LogP contribution is -2.20. The zero-order chi connectivity index (χ0) is 16.4. The van der Waals surface area contributed by atoms with E-state index in [1.54, 1.807) is 6.07 Å². The Hall–Kier alpha value is -2.21. The Bertz CT molecular complexity index is 875. The van der Waals surface area contributed by atoms with Gasteiger partial charge in [-0.3, -0.25) is 4.79 Å². The second kappa shape index (κ2) is 6.50. The molecule has 0 saturated heterocycles. The summed E-state index contributed by atoms with van der Waals surface area (Å²) in [6, 6.07) is 12.2. The van der Waals surface area contributed by atoms with Gasteiger partial charge in [0.1, 0.15) is 18.2 Å². The first-order valence-corrected chi connectivity index (χ1v) is 8.07. The number of nitrogens with zero attached hydrogens (tertiary/aromatic N) is 2. The summed E-state index contributed by atoms with van der Waals surface area (Å²) in [4.78, 5) is 16.8. The summed E-state index contributed by atoms with van der Waals surface area (Å²) in [7, 11) is 0. The normalized spacial score (nSPS) is 10.9. The number of para-hydroxylation sites is 2. The van der Waals surface area contributed by atoms with Crippen molar-refractivity contribution in [1.29, 1.82) is 0 Å². The van der Waals surface area contributed by atoms with Crippen molar-refractivity contribution in [2.75, 3.05) is 5.32 Å². The minimum absolute atomic E-state index is 0.0964. The smallest absolute Gasteiger partial charge is 0.244 e. The molecule has 0 atom stereocenters. The quantitative estimate of drug-likeness (QED) is 0.744. The fraction of sp³-hybridized carbons (Fsp3) is 0.176. The summed E-state index contributed by atoms with van der Waals surface area (Å²) in [6.45, 7) is 2.09. The first-order chi connectivity index (χ1) is 11.1. The molecule has 3 rings (SSSR count). The highest BCUT2D eigenvalue weighted by molar-refractivity contribution is 9.10. The average Bonchev–Trinajstić information content (AvgIpc) is 2.88. The van der Waals surface area contributed by atoms with Crippen LogP contribution in [-0.2, 0) is 17.8 Å². The molecule has 0 aliphatic carbocycles. The van der Waals surface area contributed by atoms with Crippen molar-refractivity contribution < 1.29 is 9.18 Å². The number of carbonyl (C=O) groups is 1. The largest absolute Gasteiger partial charge is 0.322 e. The van der Waals surface area contributed by atoms with E-state index in [-0.39, 0.29) is 18.1 Å². The van der Waals surface area contributed by atoms with Gasteiger partial charge in [-0.1, -0.05) is 35.0 Å². The molecule has 0 bridgehead atoms. The van der Waals surface area contributed by atoms with Crippen LogP contribution >= 0.6 is 15.9 Å². The van der Waals surface area contributed by atoms with E-state index in [0.717, 1.165) is 16.9 Å². The Morgan fingerprint density at radius 1 is 1.30 bits per heavy atom. The zero-order valence-corrected chi connectivity index (χ0v) is 14.1. The molecule has 1 amide bonds. The minimum Gasteiger partial charge on any atom is -0.322 e. The molecule has 1 aromatic heterocycles. The Labute approximate surface area is 141 Å². The number of rotatable bonds is 4. The molecule has 0 unspecified atom stereocenters. The molecular weight excluding hydrogens is 361 g/mol. The second-order valence-electron chi connectivity index (χ2n) is 5.13. The van der Waals surface area contributed by atoms with E-state index >= 15 is 0 Å². The van der Waals surface area contributed by atoms with Crippen LogP contribution in [0.1, 0.15) is 12.7 Å². The molecule has 1 heterocycles. The van der Waals surface area contributed by atoms with Crippen LogP contribution < -0.4 is 5.32 Å². The molecule has 6 heteroatoms. The van der Waals surface area contributed by atoms with Crippen LogP contribution in [-0.4, -0.2) is 15.5 Å². The zero-order valence-electron chi connectivity index (χ0n) is 12.5. The van der Waals surface area contributed by atoms with Crippen molar-refractivity contribution in [1.82, 2.24) is 9.55 Å². The van der Waals surface area contributed by atoms with Crippen molar-refractivity contribution in [3.63, 3.8) is 0 Å². The van der Waals surface area contributed by atoms with Crippen LogP contribution in [0.3, 0.4) is 0 Å². The monoisotopic (exact) mass is 375 g/mol. The lowest BCUT2D eigenvalue weighted by Gasteiger charge is -2.10. The van der Waals surface area contributed by atoms with Crippen LogP contribution in [0.15, 0.2) is 46.9 Å². The lowest BCUT2D eigenvalue weighted by atomic mass is 10.3. The first-order valence-electron chi connectivity index (χ1n) is 7.27. The third-order valence-electron chi connectivity index (χ3n) is 3.56. The van der Waals surface area contributed by atoms with Crippen molar-refractivity contribution in [2.24, 2.45) is 0 Å². The van der Waals surface area contributed by atoms with Gasteiger partial charge in [-0.25, -0.2) is 9.37 Å². The van der Waals surface area contributed by atoms with Gasteiger partial charge in [0.25, 0.3) is 0 Å². The van der Waals surface area contributed by atoms with Gasteiger partial charge in [-0.2, -0.15) is 0 Å². The molecule has 1 N–H and O–H groups in total. The molecule has 0 aliphatic heterocycles. The summed E-state index contributed by atoms with van der Waals surface area (Å²) < 4.78 is 16.3. The van der Waals surface area contributed by atoms with Gasteiger partial charge in [0.2, 0.25) is 5.91 Å². The van der Waals surface area contributed by atoms with Crippen molar-refractivity contribution in [3.8, 4) is 0 Å². The molecule has 0 spiro atoms. The number of benzene rings is 2. The van der Waals surface area contributed by atoms with Gasteiger partial charge >= 0.3 is 0 Å². The third kappa shape index (κ3) is 3.27. The molecule has 0 saturated carbocycles. The number of aromatic nitrogens is 2. The summed E-state index contributed by atoms with van der Waals surface area (Å²) >= 11 is 3.19. The number of fused-ring (bicyclic) bond motifs is 1. The van der Waals surface area contributed by atoms with Gasteiger partial charge in [-0.05, 0) is 30.3 Å². The van der Waals surface area contributed by atoms with Crippen LogP contribution in [0.5, 0.6) is 0 Å². The van der Waals surface area contributed by atoms with Crippen LogP contribution in [0.4, 0.5) is 10.1 Å². The molecule has 2 aromatic carbocycles. The maximum atomic E-state index is 13.8. The molecule has 0 fully saturated rings. The number of hydrogen-bond acceptors (Lipinski definition) is 2. The number of halogens is 2. The van der Waals surface area contributed by atoms with E-state index in [2.05, 4.69) is 26.2 Å². The number of amides is 1. The van der Waals surface area contributed by atoms with E-state index in [0.29, 0.717) is 10.9 Å². The van der Waals surface area contributed by atoms with Crippen molar-refractivity contribution in [2.45, 2.75) is 19.9 Å². The Kier molecular flexibility index (Phi) is 4.43. The summed E-state index contributed by atoms with van der Waals surface area (Å²) in [5.74, 6) is 0.0700. The molecule has 0 radical (unpaired) electrons.